The van der Waals surface area contributed by atoms with Gasteiger partial charge in [-0.1, -0.05) is 39.3 Å². The molecular formula is C14H16BrN3O. The van der Waals surface area contributed by atoms with Gasteiger partial charge in [-0.25, -0.2) is 0 Å². The minimum atomic E-state index is -0.338. The Morgan fingerprint density at radius 1 is 1.26 bits per heavy atom. The highest BCUT2D eigenvalue weighted by molar-refractivity contribution is 9.10. The van der Waals surface area contributed by atoms with E-state index in [1.165, 1.54) is 5.56 Å². The van der Waals surface area contributed by atoms with E-state index in [1.54, 1.807) is 0 Å². The highest BCUT2D eigenvalue weighted by Crippen LogP contribution is 2.36. The van der Waals surface area contributed by atoms with Gasteiger partial charge in [0.25, 0.3) is 0 Å². The van der Waals surface area contributed by atoms with Gasteiger partial charge in [-0.2, -0.15) is 4.98 Å². The molecule has 100 valence electrons. The zero-order chi connectivity index (χ0) is 13.3. The smallest absolute Gasteiger partial charge is 0.227 e. The lowest BCUT2D eigenvalue weighted by atomic mass is 9.77. The van der Waals surface area contributed by atoms with Crippen molar-refractivity contribution < 1.29 is 4.52 Å². The van der Waals surface area contributed by atoms with Crippen molar-refractivity contribution in [1.29, 1.82) is 0 Å². The molecule has 1 aliphatic rings. The van der Waals surface area contributed by atoms with Crippen LogP contribution in [0.2, 0.25) is 0 Å². The molecular weight excluding hydrogens is 306 g/mol. The third-order valence-electron chi connectivity index (χ3n) is 3.73. The molecule has 3 rings (SSSR count). The third-order valence-corrected chi connectivity index (χ3v) is 4.50. The Hall–Kier alpha value is -1.20. The van der Waals surface area contributed by atoms with E-state index < -0.39 is 0 Å². The predicted octanol–water partition coefficient (Wildman–Crippen LogP) is 2.96. The van der Waals surface area contributed by atoms with Crippen LogP contribution >= 0.6 is 15.9 Å². The zero-order valence-corrected chi connectivity index (χ0v) is 12.2. The Bertz CT molecular complexity index is 578. The van der Waals surface area contributed by atoms with E-state index in [4.69, 9.17) is 10.3 Å². The van der Waals surface area contributed by atoms with Gasteiger partial charge >= 0.3 is 0 Å². The number of aryl methyl sites for hydroxylation is 2. The average molecular weight is 322 g/mol. The highest BCUT2D eigenvalue weighted by Gasteiger charge is 2.38. The lowest BCUT2D eigenvalue weighted by molar-refractivity contribution is 0.229. The number of benzene rings is 1. The Morgan fingerprint density at radius 2 is 2.05 bits per heavy atom. The van der Waals surface area contributed by atoms with E-state index in [1.807, 2.05) is 18.2 Å². The quantitative estimate of drug-likeness (QED) is 0.940. The maximum atomic E-state index is 6.18. The molecule has 1 heterocycles. The van der Waals surface area contributed by atoms with E-state index in [2.05, 4.69) is 32.1 Å². The van der Waals surface area contributed by atoms with E-state index in [9.17, 15) is 0 Å². The van der Waals surface area contributed by atoms with Crippen LogP contribution in [-0.4, -0.2) is 10.1 Å². The van der Waals surface area contributed by atoms with Crippen molar-refractivity contribution in [3.63, 3.8) is 0 Å². The van der Waals surface area contributed by atoms with Gasteiger partial charge in [0.15, 0.2) is 5.82 Å². The van der Waals surface area contributed by atoms with E-state index in [0.29, 0.717) is 11.7 Å². The molecule has 2 aromatic rings. The van der Waals surface area contributed by atoms with Crippen LogP contribution < -0.4 is 5.73 Å². The van der Waals surface area contributed by atoms with Crippen LogP contribution in [0.4, 0.5) is 0 Å². The Kier molecular flexibility index (Phi) is 3.41. The first-order valence-corrected chi connectivity index (χ1v) is 7.32. The van der Waals surface area contributed by atoms with Gasteiger partial charge in [-0.3, -0.25) is 0 Å². The first kappa shape index (κ1) is 12.8. The summed E-state index contributed by atoms with van der Waals surface area (Å²) >= 11 is 3.54. The maximum Gasteiger partial charge on any atom is 0.227 e. The number of hydrogen-bond acceptors (Lipinski definition) is 4. The molecule has 0 spiro atoms. The van der Waals surface area contributed by atoms with Crippen LogP contribution in [0.5, 0.6) is 0 Å². The normalized spacial score (nSPS) is 17.2. The van der Waals surface area contributed by atoms with Gasteiger partial charge in [0.2, 0.25) is 5.89 Å². The summed E-state index contributed by atoms with van der Waals surface area (Å²) < 4.78 is 6.41. The molecule has 19 heavy (non-hydrogen) atoms. The Balaban J connectivity index is 1.66. The average Bonchev–Trinajstić information content (AvgIpc) is 2.84. The first-order valence-electron chi connectivity index (χ1n) is 6.53. The van der Waals surface area contributed by atoms with Gasteiger partial charge < -0.3 is 10.3 Å². The zero-order valence-electron chi connectivity index (χ0n) is 10.6. The lowest BCUT2D eigenvalue weighted by Gasteiger charge is -2.34. The van der Waals surface area contributed by atoms with Crippen molar-refractivity contribution in [2.45, 2.75) is 37.6 Å². The van der Waals surface area contributed by atoms with Crippen molar-refractivity contribution in [2.24, 2.45) is 5.73 Å². The van der Waals surface area contributed by atoms with Crippen LogP contribution in [0.25, 0.3) is 0 Å². The topological polar surface area (TPSA) is 64.9 Å². The molecule has 4 nitrogen and oxygen atoms in total. The molecule has 0 unspecified atom stereocenters. The second kappa shape index (κ2) is 5.06. The predicted molar refractivity (Wildman–Crippen MR) is 75.6 cm³/mol. The molecule has 0 amide bonds. The largest absolute Gasteiger partial charge is 0.339 e. The summed E-state index contributed by atoms with van der Waals surface area (Å²) in [5, 5.41) is 4.02. The summed E-state index contributed by atoms with van der Waals surface area (Å²) in [6.07, 6.45) is 4.68. The molecule has 1 aromatic heterocycles. The number of aromatic nitrogens is 2. The van der Waals surface area contributed by atoms with Gasteiger partial charge in [-0.05, 0) is 37.3 Å². The summed E-state index contributed by atoms with van der Waals surface area (Å²) in [6.45, 7) is 0. The van der Waals surface area contributed by atoms with E-state index in [0.717, 1.165) is 36.6 Å². The number of nitrogens with two attached hydrogens (primary N) is 1. The number of nitrogens with zero attached hydrogens (tertiary/aromatic N) is 2. The Labute approximate surface area is 120 Å². The molecule has 1 fully saturated rings. The van der Waals surface area contributed by atoms with Crippen molar-refractivity contribution in [3.05, 3.63) is 46.0 Å². The van der Waals surface area contributed by atoms with Gasteiger partial charge in [0, 0.05) is 10.9 Å². The molecule has 1 aromatic carbocycles. The van der Waals surface area contributed by atoms with Crippen molar-refractivity contribution in [2.75, 3.05) is 0 Å². The fourth-order valence-electron chi connectivity index (χ4n) is 2.28. The second-order valence-electron chi connectivity index (χ2n) is 5.11. The van der Waals surface area contributed by atoms with Gasteiger partial charge in [0.05, 0.1) is 5.54 Å². The minimum Gasteiger partial charge on any atom is -0.339 e. The van der Waals surface area contributed by atoms with Crippen molar-refractivity contribution in [1.82, 2.24) is 10.1 Å². The summed E-state index contributed by atoms with van der Waals surface area (Å²) in [6, 6.07) is 8.17. The third kappa shape index (κ3) is 2.58. The molecule has 1 aliphatic carbocycles. The number of hydrogen-bond donors (Lipinski definition) is 1. The van der Waals surface area contributed by atoms with Crippen LogP contribution in [0.1, 0.15) is 36.5 Å². The van der Waals surface area contributed by atoms with Crippen LogP contribution in [0.15, 0.2) is 33.3 Å². The standard InChI is InChI=1S/C14H16BrN3O/c15-11-5-2-1-4-10(11)6-7-12-17-13(18-19-12)14(16)8-3-9-14/h1-2,4-5H,3,6-9,16H2. The maximum absolute atomic E-state index is 6.18. The summed E-state index contributed by atoms with van der Waals surface area (Å²) in [4.78, 5) is 4.43. The van der Waals surface area contributed by atoms with Gasteiger partial charge in [-0.15, -0.1) is 0 Å². The summed E-state index contributed by atoms with van der Waals surface area (Å²) in [5.74, 6) is 1.34. The van der Waals surface area contributed by atoms with E-state index in [-0.39, 0.29) is 5.54 Å². The van der Waals surface area contributed by atoms with Crippen molar-refractivity contribution in [3.8, 4) is 0 Å². The molecule has 0 aliphatic heterocycles. The highest BCUT2D eigenvalue weighted by atomic mass is 79.9. The Morgan fingerprint density at radius 3 is 2.74 bits per heavy atom. The number of rotatable bonds is 4. The van der Waals surface area contributed by atoms with Crippen LogP contribution in [0, 0.1) is 0 Å². The molecule has 2 N–H and O–H groups in total. The molecule has 0 radical (unpaired) electrons. The van der Waals surface area contributed by atoms with Gasteiger partial charge in [0.1, 0.15) is 0 Å². The molecule has 0 saturated heterocycles. The van der Waals surface area contributed by atoms with Crippen LogP contribution in [0.3, 0.4) is 0 Å². The minimum absolute atomic E-state index is 0.338. The molecule has 1 saturated carbocycles. The second-order valence-corrected chi connectivity index (χ2v) is 5.97. The number of halogens is 1. The SMILES string of the molecule is NC1(c2noc(CCc3ccccc3Br)n2)CCC1. The van der Waals surface area contributed by atoms with Crippen molar-refractivity contribution >= 4 is 15.9 Å². The molecule has 0 bridgehead atoms. The van der Waals surface area contributed by atoms with Crippen LogP contribution in [-0.2, 0) is 18.4 Å². The fourth-order valence-corrected chi connectivity index (χ4v) is 2.77. The first-order chi connectivity index (χ1) is 9.17. The molecule has 0 atom stereocenters. The molecule has 5 heteroatoms. The van der Waals surface area contributed by atoms with E-state index >= 15 is 0 Å². The monoisotopic (exact) mass is 321 g/mol. The fraction of sp³-hybridized carbons (Fsp3) is 0.429. The summed E-state index contributed by atoms with van der Waals surface area (Å²) in [7, 11) is 0. The lowest BCUT2D eigenvalue weighted by Crippen LogP contribution is -2.44. The summed E-state index contributed by atoms with van der Waals surface area (Å²) in [5.41, 5.74) is 7.08.